The first kappa shape index (κ1) is 14.0. The van der Waals surface area contributed by atoms with Gasteiger partial charge < -0.3 is 5.32 Å². The molecule has 5 nitrogen and oxygen atoms in total. The Balaban J connectivity index is 2.08. The molecule has 1 atom stereocenters. The fourth-order valence-corrected chi connectivity index (χ4v) is 4.18. The van der Waals surface area contributed by atoms with Gasteiger partial charge >= 0.3 is 0 Å². The highest BCUT2D eigenvalue weighted by Gasteiger charge is 2.32. The molecule has 1 aliphatic heterocycles. The second-order valence-electron chi connectivity index (χ2n) is 4.95. The third-order valence-electron chi connectivity index (χ3n) is 3.77. The quantitative estimate of drug-likeness (QED) is 0.941. The third kappa shape index (κ3) is 2.41. The van der Waals surface area contributed by atoms with Crippen molar-refractivity contribution in [3.05, 3.63) is 54.4 Å². The van der Waals surface area contributed by atoms with Crippen LogP contribution in [-0.4, -0.2) is 27.0 Å². The highest BCUT2D eigenvalue weighted by atomic mass is 32.2. The zero-order chi connectivity index (χ0) is 14.9. The van der Waals surface area contributed by atoms with Gasteiger partial charge in [0.2, 0.25) is 0 Å². The van der Waals surface area contributed by atoms with Crippen molar-refractivity contribution in [2.75, 3.05) is 17.9 Å². The van der Waals surface area contributed by atoms with Crippen LogP contribution >= 0.6 is 0 Å². The van der Waals surface area contributed by atoms with Gasteiger partial charge in [0, 0.05) is 25.0 Å². The molecule has 2 heterocycles. The fourth-order valence-electron chi connectivity index (χ4n) is 2.71. The van der Waals surface area contributed by atoms with Crippen LogP contribution in [0.5, 0.6) is 0 Å². The van der Waals surface area contributed by atoms with Gasteiger partial charge in [-0.3, -0.25) is 9.29 Å². The number of rotatable bonds is 3. The van der Waals surface area contributed by atoms with Gasteiger partial charge in [-0.05, 0) is 37.2 Å². The molecule has 21 heavy (non-hydrogen) atoms. The molecule has 0 saturated heterocycles. The van der Waals surface area contributed by atoms with Gasteiger partial charge in [0.1, 0.15) is 4.90 Å². The van der Waals surface area contributed by atoms with Crippen LogP contribution in [-0.2, 0) is 10.0 Å². The van der Waals surface area contributed by atoms with E-state index in [9.17, 15) is 8.42 Å². The summed E-state index contributed by atoms with van der Waals surface area (Å²) in [4.78, 5) is 4.14. The monoisotopic (exact) mass is 303 g/mol. The number of fused-ring (bicyclic) bond motifs is 1. The maximum atomic E-state index is 12.8. The van der Waals surface area contributed by atoms with E-state index in [1.54, 1.807) is 18.3 Å². The Kier molecular flexibility index (Phi) is 3.65. The molecule has 6 heteroatoms. The standard InChI is InChI=1S/C15H17N3O2S/c1-16-14-8-10-18(15-7-3-2-6-13(14)15)21(19,20)12-5-4-9-17-11-12/h2-7,9,11,14,16H,8,10H2,1H3. The predicted molar refractivity (Wildman–Crippen MR) is 81.6 cm³/mol. The van der Waals surface area contributed by atoms with E-state index >= 15 is 0 Å². The van der Waals surface area contributed by atoms with Gasteiger partial charge in [0.25, 0.3) is 10.0 Å². The van der Waals surface area contributed by atoms with E-state index in [2.05, 4.69) is 10.3 Å². The number of benzene rings is 1. The van der Waals surface area contributed by atoms with Crippen LogP contribution in [0.1, 0.15) is 18.0 Å². The van der Waals surface area contributed by atoms with Crippen molar-refractivity contribution in [1.82, 2.24) is 10.3 Å². The van der Waals surface area contributed by atoms with E-state index in [0.29, 0.717) is 6.54 Å². The lowest BCUT2D eigenvalue weighted by Crippen LogP contribution is -2.39. The van der Waals surface area contributed by atoms with Crippen molar-refractivity contribution in [2.24, 2.45) is 0 Å². The Hall–Kier alpha value is -1.92. The molecule has 1 aromatic heterocycles. The van der Waals surface area contributed by atoms with E-state index in [4.69, 9.17) is 0 Å². The summed E-state index contributed by atoms with van der Waals surface area (Å²) in [6.07, 6.45) is 3.70. The number of sulfonamides is 1. The van der Waals surface area contributed by atoms with E-state index in [1.807, 2.05) is 31.3 Å². The molecule has 0 saturated carbocycles. The van der Waals surface area contributed by atoms with Crippen LogP contribution in [0, 0.1) is 0 Å². The van der Waals surface area contributed by atoms with Gasteiger partial charge in [-0.25, -0.2) is 8.42 Å². The highest BCUT2D eigenvalue weighted by molar-refractivity contribution is 7.92. The first-order valence-corrected chi connectivity index (χ1v) is 8.27. The van der Waals surface area contributed by atoms with Gasteiger partial charge in [0.05, 0.1) is 5.69 Å². The Bertz CT molecular complexity index is 732. The van der Waals surface area contributed by atoms with Crippen molar-refractivity contribution in [3.8, 4) is 0 Å². The van der Waals surface area contributed by atoms with Crippen molar-refractivity contribution in [2.45, 2.75) is 17.4 Å². The van der Waals surface area contributed by atoms with Gasteiger partial charge in [-0.15, -0.1) is 0 Å². The molecular formula is C15H17N3O2S. The number of nitrogens with one attached hydrogen (secondary N) is 1. The largest absolute Gasteiger partial charge is 0.313 e. The number of hydrogen-bond donors (Lipinski definition) is 1. The van der Waals surface area contributed by atoms with Crippen molar-refractivity contribution >= 4 is 15.7 Å². The van der Waals surface area contributed by atoms with E-state index in [-0.39, 0.29) is 10.9 Å². The summed E-state index contributed by atoms with van der Waals surface area (Å²) in [5.41, 5.74) is 1.76. The summed E-state index contributed by atoms with van der Waals surface area (Å²) >= 11 is 0. The van der Waals surface area contributed by atoms with E-state index < -0.39 is 10.0 Å². The number of hydrogen-bond acceptors (Lipinski definition) is 4. The Morgan fingerprint density at radius 1 is 1.24 bits per heavy atom. The molecule has 0 fully saturated rings. The molecule has 0 amide bonds. The molecule has 3 rings (SSSR count). The van der Waals surface area contributed by atoms with Crippen LogP contribution in [0.2, 0.25) is 0 Å². The molecule has 0 bridgehead atoms. The average molecular weight is 303 g/mol. The minimum atomic E-state index is -3.56. The van der Waals surface area contributed by atoms with Gasteiger partial charge in [0.15, 0.2) is 0 Å². The number of nitrogens with zero attached hydrogens (tertiary/aromatic N) is 2. The lowest BCUT2D eigenvalue weighted by molar-refractivity contribution is 0.528. The third-order valence-corrected chi connectivity index (χ3v) is 5.57. The van der Waals surface area contributed by atoms with E-state index in [1.165, 1.54) is 10.5 Å². The summed E-state index contributed by atoms with van der Waals surface area (Å²) < 4.78 is 27.1. The minimum absolute atomic E-state index is 0.182. The smallest absolute Gasteiger partial charge is 0.265 e. The van der Waals surface area contributed by atoms with Crippen molar-refractivity contribution in [1.29, 1.82) is 0 Å². The lowest BCUT2D eigenvalue weighted by Gasteiger charge is -2.34. The predicted octanol–water partition coefficient (Wildman–Crippen LogP) is 1.94. The SMILES string of the molecule is CNC1CCN(S(=O)(=O)c2cccnc2)c2ccccc21. The first-order valence-electron chi connectivity index (χ1n) is 6.83. The van der Waals surface area contributed by atoms with Crippen LogP contribution in [0.15, 0.2) is 53.7 Å². The zero-order valence-electron chi connectivity index (χ0n) is 11.7. The molecule has 1 unspecified atom stereocenters. The van der Waals surface area contributed by atoms with Gasteiger partial charge in [-0.1, -0.05) is 18.2 Å². The molecule has 1 aliphatic rings. The maximum Gasteiger partial charge on any atom is 0.265 e. The minimum Gasteiger partial charge on any atom is -0.313 e. The number of anilines is 1. The molecule has 2 aromatic rings. The summed E-state index contributed by atoms with van der Waals surface area (Å²) in [5, 5.41) is 3.24. The molecule has 1 aromatic carbocycles. The molecule has 0 radical (unpaired) electrons. The van der Waals surface area contributed by atoms with Crippen LogP contribution in [0.3, 0.4) is 0 Å². The molecule has 1 N–H and O–H groups in total. The Morgan fingerprint density at radius 3 is 2.76 bits per heavy atom. The van der Waals surface area contributed by atoms with Gasteiger partial charge in [-0.2, -0.15) is 0 Å². The number of para-hydroxylation sites is 1. The summed E-state index contributed by atoms with van der Waals surface area (Å²) in [6, 6.07) is 11.0. The maximum absolute atomic E-state index is 12.8. The number of aromatic nitrogens is 1. The summed E-state index contributed by atoms with van der Waals surface area (Å²) in [5.74, 6) is 0. The van der Waals surface area contributed by atoms with Crippen LogP contribution in [0.4, 0.5) is 5.69 Å². The summed E-state index contributed by atoms with van der Waals surface area (Å²) in [6.45, 7) is 0.458. The fraction of sp³-hybridized carbons (Fsp3) is 0.267. The summed E-state index contributed by atoms with van der Waals surface area (Å²) in [7, 11) is -1.67. The van der Waals surface area contributed by atoms with E-state index in [0.717, 1.165) is 17.7 Å². The van der Waals surface area contributed by atoms with Crippen molar-refractivity contribution in [3.63, 3.8) is 0 Å². The zero-order valence-corrected chi connectivity index (χ0v) is 12.5. The molecule has 0 spiro atoms. The Morgan fingerprint density at radius 2 is 2.05 bits per heavy atom. The topological polar surface area (TPSA) is 62.3 Å². The highest BCUT2D eigenvalue weighted by Crippen LogP contribution is 2.36. The molecule has 0 aliphatic carbocycles. The Labute approximate surface area is 124 Å². The van der Waals surface area contributed by atoms with Crippen molar-refractivity contribution < 1.29 is 8.42 Å². The lowest BCUT2D eigenvalue weighted by atomic mass is 9.98. The average Bonchev–Trinajstić information content (AvgIpc) is 2.54. The second-order valence-corrected chi connectivity index (χ2v) is 6.82. The van der Waals surface area contributed by atoms with Crippen LogP contribution in [0.25, 0.3) is 0 Å². The normalized spacial score (nSPS) is 18.3. The second kappa shape index (κ2) is 5.46. The molecular weight excluding hydrogens is 286 g/mol. The first-order chi connectivity index (χ1) is 10.1. The van der Waals surface area contributed by atoms with Crippen LogP contribution < -0.4 is 9.62 Å². The number of pyridine rings is 1. The molecule has 110 valence electrons.